The number of nitrogen functional groups attached to an aromatic ring is 1. The van der Waals surface area contributed by atoms with E-state index < -0.39 is 0 Å². The van der Waals surface area contributed by atoms with Crippen LogP contribution in [0.15, 0.2) is 0 Å². The highest BCUT2D eigenvalue weighted by atomic mass is 32.2. The molecule has 1 unspecified atom stereocenters. The highest BCUT2D eigenvalue weighted by Gasteiger charge is 2.18. The van der Waals surface area contributed by atoms with Crippen molar-refractivity contribution in [3.05, 3.63) is 0 Å². The number of aromatic nitrogens is 3. The molecule has 1 saturated heterocycles. The quantitative estimate of drug-likeness (QED) is 0.862. The van der Waals surface area contributed by atoms with Gasteiger partial charge in [-0.2, -0.15) is 26.7 Å². The van der Waals surface area contributed by atoms with Crippen LogP contribution in [0, 0.1) is 0 Å². The first-order chi connectivity index (χ1) is 10.1. The highest BCUT2D eigenvalue weighted by molar-refractivity contribution is 7.98. The molecule has 1 aliphatic heterocycles. The van der Waals surface area contributed by atoms with Crippen LogP contribution in [-0.2, 0) is 0 Å². The third-order valence-electron chi connectivity index (χ3n) is 3.98. The summed E-state index contributed by atoms with van der Waals surface area (Å²) in [6.45, 7) is 4.21. The molecule has 2 rings (SSSR count). The van der Waals surface area contributed by atoms with E-state index in [-0.39, 0.29) is 0 Å². The molecule has 7 heteroatoms. The number of hydrogen-bond acceptors (Lipinski definition) is 7. The van der Waals surface area contributed by atoms with Gasteiger partial charge in [0.2, 0.25) is 17.8 Å². The lowest BCUT2D eigenvalue weighted by Crippen LogP contribution is -2.34. The van der Waals surface area contributed by atoms with E-state index in [1.165, 1.54) is 19.3 Å². The molecule has 0 amide bonds. The van der Waals surface area contributed by atoms with Gasteiger partial charge in [-0.1, -0.05) is 0 Å². The Hall–Kier alpha value is -1.24. The van der Waals surface area contributed by atoms with Crippen LogP contribution in [-0.4, -0.2) is 53.1 Å². The third-order valence-corrected chi connectivity index (χ3v) is 4.63. The van der Waals surface area contributed by atoms with Crippen LogP contribution in [0.5, 0.6) is 0 Å². The van der Waals surface area contributed by atoms with Gasteiger partial charge in [-0.25, -0.2) is 0 Å². The van der Waals surface area contributed by atoms with Crippen molar-refractivity contribution in [2.75, 3.05) is 47.7 Å². The molecule has 0 spiro atoms. The van der Waals surface area contributed by atoms with E-state index in [1.807, 2.05) is 18.8 Å². The summed E-state index contributed by atoms with van der Waals surface area (Å²) in [6, 6.07) is 0.383. The molecule has 0 saturated carbocycles. The molecular weight excluding hydrogens is 284 g/mol. The lowest BCUT2D eigenvalue weighted by molar-refractivity contribution is 0.566. The Morgan fingerprint density at radius 3 is 2.62 bits per heavy atom. The lowest BCUT2D eigenvalue weighted by Gasteiger charge is -2.29. The van der Waals surface area contributed by atoms with E-state index in [0.29, 0.717) is 17.9 Å². The molecule has 0 aromatic carbocycles. The SMILES string of the molecule is CSCCC(C)N(C)c1nc(N)nc(N2CCCCC2)n1. The minimum Gasteiger partial charge on any atom is -0.368 e. The fourth-order valence-electron chi connectivity index (χ4n) is 2.44. The number of piperidine rings is 1. The molecule has 1 aromatic rings. The van der Waals surface area contributed by atoms with Crippen LogP contribution in [0.4, 0.5) is 17.8 Å². The van der Waals surface area contributed by atoms with E-state index in [1.54, 1.807) is 0 Å². The van der Waals surface area contributed by atoms with Gasteiger partial charge in [0, 0.05) is 26.2 Å². The Morgan fingerprint density at radius 2 is 1.95 bits per heavy atom. The maximum Gasteiger partial charge on any atom is 0.231 e. The molecule has 6 nitrogen and oxygen atoms in total. The summed E-state index contributed by atoms with van der Waals surface area (Å²) in [5.41, 5.74) is 5.88. The highest BCUT2D eigenvalue weighted by Crippen LogP contribution is 2.20. The van der Waals surface area contributed by atoms with Crippen molar-refractivity contribution in [1.82, 2.24) is 15.0 Å². The number of thioether (sulfide) groups is 1. The summed E-state index contributed by atoms with van der Waals surface area (Å²) in [5.74, 6) is 2.84. The van der Waals surface area contributed by atoms with Gasteiger partial charge in [0.05, 0.1) is 0 Å². The minimum absolute atomic E-state index is 0.310. The van der Waals surface area contributed by atoms with Crippen molar-refractivity contribution in [3.63, 3.8) is 0 Å². The molecule has 2 N–H and O–H groups in total. The zero-order chi connectivity index (χ0) is 15.2. The summed E-state index contributed by atoms with van der Waals surface area (Å²) < 4.78 is 0. The van der Waals surface area contributed by atoms with Gasteiger partial charge in [-0.05, 0) is 44.6 Å². The first-order valence-corrected chi connectivity index (χ1v) is 8.99. The lowest BCUT2D eigenvalue weighted by atomic mass is 10.1. The smallest absolute Gasteiger partial charge is 0.231 e. The Kier molecular flexibility index (Phi) is 5.90. The van der Waals surface area contributed by atoms with Gasteiger partial charge < -0.3 is 15.5 Å². The monoisotopic (exact) mass is 310 g/mol. The van der Waals surface area contributed by atoms with E-state index in [9.17, 15) is 0 Å². The van der Waals surface area contributed by atoms with Crippen LogP contribution in [0.3, 0.4) is 0 Å². The Balaban J connectivity index is 2.13. The summed E-state index contributed by atoms with van der Waals surface area (Å²) in [6.07, 6.45) is 6.90. The second kappa shape index (κ2) is 7.68. The Labute approximate surface area is 131 Å². The second-order valence-corrected chi connectivity index (χ2v) is 6.57. The fourth-order valence-corrected chi connectivity index (χ4v) is 3.02. The Morgan fingerprint density at radius 1 is 1.24 bits per heavy atom. The molecule has 1 fully saturated rings. The van der Waals surface area contributed by atoms with Gasteiger partial charge in [0.25, 0.3) is 0 Å². The van der Waals surface area contributed by atoms with Crippen molar-refractivity contribution >= 4 is 29.6 Å². The van der Waals surface area contributed by atoms with E-state index in [2.05, 4.69) is 37.9 Å². The van der Waals surface area contributed by atoms with Gasteiger partial charge in [0.1, 0.15) is 0 Å². The van der Waals surface area contributed by atoms with Crippen molar-refractivity contribution in [2.24, 2.45) is 0 Å². The zero-order valence-corrected chi connectivity index (χ0v) is 14.1. The fraction of sp³-hybridized carbons (Fsp3) is 0.786. The molecule has 118 valence electrons. The van der Waals surface area contributed by atoms with Crippen molar-refractivity contribution in [3.8, 4) is 0 Å². The van der Waals surface area contributed by atoms with Gasteiger partial charge in [-0.3, -0.25) is 0 Å². The average molecular weight is 310 g/mol. The van der Waals surface area contributed by atoms with E-state index in [0.717, 1.165) is 31.2 Å². The van der Waals surface area contributed by atoms with Crippen molar-refractivity contribution < 1.29 is 0 Å². The molecule has 0 radical (unpaired) electrons. The topological polar surface area (TPSA) is 71.2 Å². The predicted molar refractivity (Wildman–Crippen MR) is 91.2 cm³/mol. The van der Waals surface area contributed by atoms with Gasteiger partial charge in [-0.15, -0.1) is 0 Å². The minimum atomic E-state index is 0.310. The van der Waals surface area contributed by atoms with Crippen molar-refractivity contribution in [1.29, 1.82) is 0 Å². The zero-order valence-electron chi connectivity index (χ0n) is 13.2. The molecule has 1 aliphatic rings. The molecule has 0 aliphatic carbocycles. The number of nitrogens with zero attached hydrogens (tertiary/aromatic N) is 5. The standard InChI is InChI=1S/C14H26N6S/c1-11(7-10-21-3)19(2)13-16-12(15)17-14(18-13)20-8-5-4-6-9-20/h11H,4-10H2,1-3H3,(H2,15,16,17,18). The summed E-state index contributed by atoms with van der Waals surface area (Å²) >= 11 is 1.86. The number of hydrogen-bond donors (Lipinski definition) is 1. The third kappa shape index (κ3) is 4.36. The first-order valence-electron chi connectivity index (χ1n) is 7.60. The van der Waals surface area contributed by atoms with Crippen LogP contribution in [0.1, 0.15) is 32.6 Å². The van der Waals surface area contributed by atoms with E-state index in [4.69, 9.17) is 5.73 Å². The molecule has 21 heavy (non-hydrogen) atoms. The molecule has 1 atom stereocenters. The predicted octanol–water partition coefficient (Wildman–Crippen LogP) is 2.02. The average Bonchev–Trinajstić information content (AvgIpc) is 2.52. The normalized spacial score (nSPS) is 16.8. The Bertz CT molecular complexity index is 449. The van der Waals surface area contributed by atoms with Gasteiger partial charge >= 0.3 is 0 Å². The molecular formula is C14H26N6S. The summed E-state index contributed by atoms with van der Waals surface area (Å²) in [5, 5.41) is 0. The van der Waals surface area contributed by atoms with Crippen LogP contribution < -0.4 is 15.5 Å². The summed E-state index contributed by atoms with van der Waals surface area (Å²) in [7, 11) is 2.03. The van der Waals surface area contributed by atoms with Gasteiger partial charge in [0.15, 0.2) is 0 Å². The number of nitrogens with two attached hydrogens (primary N) is 1. The maximum absolute atomic E-state index is 5.88. The maximum atomic E-state index is 5.88. The molecule has 1 aromatic heterocycles. The number of anilines is 3. The molecule has 0 bridgehead atoms. The second-order valence-electron chi connectivity index (χ2n) is 5.58. The molecule has 2 heterocycles. The van der Waals surface area contributed by atoms with Crippen LogP contribution >= 0.6 is 11.8 Å². The van der Waals surface area contributed by atoms with E-state index >= 15 is 0 Å². The number of rotatable bonds is 6. The van der Waals surface area contributed by atoms with Crippen molar-refractivity contribution in [2.45, 2.75) is 38.6 Å². The summed E-state index contributed by atoms with van der Waals surface area (Å²) in [4.78, 5) is 17.6. The van der Waals surface area contributed by atoms with Crippen LogP contribution in [0.2, 0.25) is 0 Å². The van der Waals surface area contributed by atoms with Crippen LogP contribution in [0.25, 0.3) is 0 Å². The first kappa shape index (κ1) is 16.1. The largest absolute Gasteiger partial charge is 0.368 e.